The molecule has 2 atom stereocenters. The zero-order chi connectivity index (χ0) is 25.0. The van der Waals surface area contributed by atoms with E-state index in [0.717, 1.165) is 29.9 Å². The average molecular weight is 484 g/mol. The zero-order valence-electron chi connectivity index (χ0n) is 19.9. The number of nitrogens with zero attached hydrogens (tertiary/aromatic N) is 7. The molecule has 3 aliphatic heterocycles. The molecule has 182 valence electrons. The first-order valence-corrected chi connectivity index (χ1v) is 11.9. The quantitative estimate of drug-likeness (QED) is 0.509. The number of piperazine rings is 1. The van der Waals surface area contributed by atoms with Crippen LogP contribution >= 0.6 is 0 Å². The highest BCUT2D eigenvalue weighted by Gasteiger charge is 2.48. The number of likely N-dealkylation sites (tertiary alicyclic amines) is 2. The first-order valence-electron chi connectivity index (χ1n) is 11.9. The Hall–Kier alpha value is -4.39. The van der Waals surface area contributed by atoms with Gasteiger partial charge in [0.1, 0.15) is 28.7 Å². The van der Waals surface area contributed by atoms with Gasteiger partial charge in [0, 0.05) is 49.7 Å². The molecular formula is C26H25N7O3. The first-order chi connectivity index (χ1) is 17.5. The number of nitriles is 1. The molecule has 3 saturated heterocycles. The second-order valence-electron chi connectivity index (χ2n) is 9.50. The van der Waals surface area contributed by atoms with Crippen molar-refractivity contribution >= 4 is 23.1 Å². The van der Waals surface area contributed by atoms with E-state index < -0.39 is 0 Å². The third kappa shape index (κ3) is 3.39. The van der Waals surface area contributed by atoms with Gasteiger partial charge in [-0.1, -0.05) is 6.58 Å². The lowest BCUT2D eigenvalue weighted by Gasteiger charge is -2.42. The number of ether oxygens (including phenoxy) is 1. The molecule has 3 fully saturated rings. The lowest BCUT2D eigenvalue weighted by molar-refractivity contribution is -0.147. The Morgan fingerprint density at radius 1 is 1.17 bits per heavy atom. The van der Waals surface area contributed by atoms with Crippen molar-refractivity contribution in [3.63, 3.8) is 0 Å². The summed E-state index contributed by atoms with van der Waals surface area (Å²) in [5, 5.41) is 13.6. The fourth-order valence-electron chi connectivity index (χ4n) is 5.60. The number of carbonyl (C=O) groups excluding carboxylic acids is 2. The minimum atomic E-state index is -0.113. The summed E-state index contributed by atoms with van der Waals surface area (Å²) >= 11 is 0. The Morgan fingerprint density at radius 2 is 2.00 bits per heavy atom. The topological polar surface area (TPSA) is 107 Å². The van der Waals surface area contributed by atoms with Crippen molar-refractivity contribution in [1.29, 1.82) is 5.26 Å². The number of hydrogen-bond acceptors (Lipinski definition) is 7. The predicted molar refractivity (Wildman–Crippen MR) is 131 cm³/mol. The van der Waals surface area contributed by atoms with Gasteiger partial charge >= 0.3 is 0 Å². The van der Waals surface area contributed by atoms with E-state index >= 15 is 0 Å². The molecule has 6 rings (SSSR count). The molecular weight excluding hydrogens is 458 g/mol. The van der Waals surface area contributed by atoms with Crippen LogP contribution in [0.5, 0.6) is 5.75 Å². The highest BCUT2D eigenvalue weighted by Crippen LogP contribution is 2.36. The van der Waals surface area contributed by atoms with Crippen LogP contribution in [0, 0.1) is 17.2 Å². The molecule has 10 nitrogen and oxygen atoms in total. The van der Waals surface area contributed by atoms with E-state index in [-0.39, 0.29) is 29.8 Å². The van der Waals surface area contributed by atoms with Crippen molar-refractivity contribution in [2.75, 3.05) is 38.2 Å². The van der Waals surface area contributed by atoms with Gasteiger partial charge < -0.3 is 19.4 Å². The molecule has 0 aromatic carbocycles. The minimum absolute atomic E-state index is 0.104. The smallest absolute Gasteiger partial charge is 0.246 e. The van der Waals surface area contributed by atoms with E-state index in [2.05, 4.69) is 22.6 Å². The molecule has 3 aromatic rings. The first kappa shape index (κ1) is 22.1. The lowest BCUT2D eigenvalue weighted by atomic mass is 9.97. The van der Waals surface area contributed by atoms with E-state index in [4.69, 9.17) is 9.72 Å². The van der Waals surface area contributed by atoms with Crippen LogP contribution in [0.1, 0.15) is 12.0 Å². The fraction of sp³-hybridized carbons (Fsp3) is 0.346. The van der Waals surface area contributed by atoms with Gasteiger partial charge in [-0.3, -0.25) is 9.59 Å². The monoisotopic (exact) mass is 483 g/mol. The maximum atomic E-state index is 13.0. The summed E-state index contributed by atoms with van der Waals surface area (Å²) in [5.41, 5.74) is 2.90. The van der Waals surface area contributed by atoms with Gasteiger partial charge in [0.25, 0.3) is 0 Å². The van der Waals surface area contributed by atoms with E-state index in [0.29, 0.717) is 36.5 Å². The molecule has 10 heteroatoms. The van der Waals surface area contributed by atoms with Crippen molar-refractivity contribution < 1.29 is 14.3 Å². The van der Waals surface area contributed by atoms with Crippen molar-refractivity contribution in [1.82, 2.24) is 24.4 Å². The normalized spacial score (nSPS) is 20.9. The molecule has 0 radical (unpaired) electrons. The molecule has 3 aromatic heterocycles. The van der Waals surface area contributed by atoms with Crippen LogP contribution in [0.25, 0.3) is 16.6 Å². The van der Waals surface area contributed by atoms with E-state index in [1.807, 2.05) is 35.5 Å². The Bertz CT molecular complexity index is 1420. The maximum absolute atomic E-state index is 13.0. The van der Waals surface area contributed by atoms with Gasteiger partial charge in [-0.15, -0.1) is 0 Å². The van der Waals surface area contributed by atoms with E-state index in [1.54, 1.807) is 16.5 Å². The van der Waals surface area contributed by atoms with E-state index in [1.165, 1.54) is 12.3 Å². The molecule has 36 heavy (non-hydrogen) atoms. The molecule has 2 bridgehead atoms. The summed E-state index contributed by atoms with van der Waals surface area (Å²) in [6.07, 6.45) is 7.46. The molecule has 0 saturated carbocycles. The van der Waals surface area contributed by atoms with Crippen LogP contribution in [-0.4, -0.2) is 81.6 Å². The van der Waals surface area contributed by atoms with Crippen molar-refractivity contribution in [2.45, 2.75) is 18.5 Å². The van der Waals surface area contributed by atoms with Crippen molar-refractivity contribution in [2.24, 2.45) is 5.92 Å². The SMILES string of the molecule is C=CC(=O)N1CC(C(=O)N2C[C@@H]3C[C@H]2CN3c2ccc(-c3cc(OC)c4c(C#N)cnn4c3)cn2)C1. The summed E-state index contributed by atoms with van der Waals surface area (Å²) in [4.78, 5) is 35.3. The van der Waals surface area contributed by atoms with Crippen LogP contribution in [-0.2, 0) is 9.59 Å². The molecule has 2 amide bonds. The van der Waals surface area contributed by atoms with E-state index in [9.17, 15) is 14.9 Å². The number of pyridine rings is 2. The number of fused-ring (bicyclic) bond motifs is 3. The number of methoxy groups -OCH3 is 1. The predicted octanol–water partition coefficient (Wildman–Crippen LogP) is 1.71. The number of aromatic nitrogens is 3. The van der Waals surface area contributed by atoms with Gasteiger partial charge in [-0.05, 0) is 30.7 Å². The highest BCUT2D eigenvalue weighted by atomic mass is 16.5. The lowest BCUT2D eigenvalue weighted by Crippen LogP contribution is -2.59. The van der Waals surface area contributed by atoms with Gasteiger partial charge in [0.05, 0.1) is 31.3 Å². The Labute approximate surface area is 208 Å². The summed E-state index contributed by atoms with van der Waals surface area (Å²) < 4.78 is 7.17. The Balaban J connectivity index is 1.14. The second kappa shape index (κ2) is 8.37. The van der Waals surface area contributed by atoms with Gasteiger partial charge in [-0.2, -0.15) is 10.4 Å². The molecule has 0 spiro atoms. The number of amides is 2. The summed E-state index contributed by atoms with van der Waals surface area (Å²) in [6, 6.07) is 8.48. The summed E-state index contributed by atoms with van der Waals surface area (Å²) in [6.45, 7) is 5.92. The Morgan fingerprint density at radius 3 is 2.64 bits per heavy atom. The molecule has 0 unspecified atom stereocenters. The van der Waals surface area contributed by atoms with Crippen LogP contribution in [0.4, 0.5) is 5.82 Å². The molecule has 3 aliphatic rings. The third-order valence-corrected chi connectivity index (χ3v) is 7.53. The summed E-state index contributed by atoms with van der Waals surface area (Å²) in [7, 11) is 1.58. The van der Waals surface area contributed by atoms with Gasteiger partial charge in [-0.25, -0.2) is 9.50 Å². The van der Waals surface area contributed by atoms with Crippen molar-refractivity contribution in [3.05, 3.63) is 55.0 Å². The highest BCUT2D eigenvalue weighted by molar-refractivity contribution is 5.90. The van der Waals surface area contributed by atoms with Gasteiger partial charge in [0.15, 0.2) is 0 Å². The largest absolute Gasteiger partial charge is 0.494 e. The molecule has 0 aliphatic carbocycles. The van der Waals surface area contributed by atoms with Crippen molar-refractivity contribution in [3.8, 4) is 22.9 Å². The van der Waals surface area contributed by atoms with Gasteiger partial charge in [0.2, 0.25) is 11.8 Å². The van der Waals surface area contributed by atoms with Crippen LogP contribution in [0.3, 0.4) is 0 Å². The van der Waals surface area contributed by atoms with Crippen LogP contribution < -0.4 is 9.64 Å². The number of anilines is 1. The number of hydrogen-bond donors (Lipinski definition) is 0. The third-order valence-electron chi connectivity index (χ3n) is 7.53. The number of rotatable bonds is 5. The molecule has 0 N–H and O–H groups in total. The number of carbonyl (C=O) groups is 2. The van der Waals surface area contributed by atoms with Crippen LogP contribution in [0.15, 0.2) is 49.4 Å². The average Bonchev–Trinajstić information content (AvgIpc) is 3.61. The minimum Gasteiger partial charge on any atom is -0.494 e. The molecule has 6 heterocycles. The zero-order valence-corrected chi connectivity index (χ0v) is 19.9. The second-order valence-corrected chi connectivity index (χ2v) is 9.50. The maximum Gasteiger partial charge on any atom is 0.246 e. The van der Waals surface area contributed by atoms with Crippen LogP contribution in [0.2, 0.25) is 0 Å². The summed E-state index contributed by atoms with van der Waals surface area (Å²) in [5.74, 6) is 1.41. The fourth-order valence-corrected chi connectivity index (χ4v) is 5.60. The standard InChI is InChI=1S/C26H25N7O3/c1-3-24(34)30-11-19(12-30)26(35)32-15-20-7-21(32)14-31(20)23-5-4-16(9-28-23)17-6-22(36-2)25-18(8-27)10-29-33(25)13-17/h3-6,9-10,13,19-21H,1,7,11-12,14-15H2,2H3/t20-,21-/m0/s1. The Kier molecular flexibility index (Phi) is 5.14.